The van der Waals surface area contributed by atoms with Crippen molar-refractivity contribution in [1.82, 2.24) is 0 Å². The van der Waals surface area contributed by atoms with E-state index in [0.29, 0.717) is 22.9 Å². The Balaban J connectivity index is 1.66. The summed E-state index contributed by atoms with van der Waals surface area (Å²) in [6.45, 7) is -0.119. The molecule has 2 aromatic carbocycles. The van der Waals surface area contributed by atoms with Crippen molar-refractivity contribution >= 4 is 11.6 Å². The van der Waals surface area contributed by atoms with E-state index >= 15 is 0 Å². The molecule has 0 radical (unpaired) electrons. The number of aliphatic hydroxyl groups excluding tert-OH is 1. The van der Waals surface area contributed by atoms with Crippen LogP contribution >= 0.6 is 0 Å². The average molecular weight is 357 g/mol. The first-order chi connectivity index (χ1) is 12.6. The number of amides is 1. The molecule has 0 aliphatic heterocycles. The number of carbonyl (C=O) groups excluding carboxylic acids is 1. The molecule has 0 heterocycles. The highest BCUT2D eigenvalue weighted by molar-refractivity contribution is 5.92. The smallest absolute Gasteiger partial charge is 0.262 e. The quantitative estimate of drug-likeness (QED) is 0.831. The number of methoxy groups -OCH3 is 2. The molecular weight excluding hydrogens is 334 g/mol. The lowest BCUT2D eigenvalue weighted by molar-refractivity contribution is -0.118. The second kappa shape index (κ2) is 8.10. The van der Waals surface area contributed by atoms with Gasteiger partial charge in [0.15, 0.2) is 6.61 Å². The van der Waals surface area contributed by atoms with Gasteiger partial charge in [0, 0.05) is 23.9 Å². The summed E-state index contributed by atoms with van der Waals surface area (Å²) in [5.41, 5.74) is 2.45. The normalized spacial score (nSPS) is 15.7. The monoisotopic (exact) mass is 357 g/mol. The molecule has 0 aromatic heterocycles. The van der Waals surface area contributed by atoms with Crippen LogP contribution in [-0.4, -0.2) is 31.8 Å². The Morgan fingerprint density at radius 2 is 1.92 bits per heavy atom. The molecule has 0 spiro atoms. The molecule has 1 aliphatic carbocycles. The van der Waals surface area contributed by atoms with E-state index in [0.717, 1.165) is 30.4 Å². The molecule has 0 unspecified atom stereocenters. The van der Waals surface area contributed by atoms with Crippen molar-refractivity contribution < 1.29 is 24.1 Å². The van der Waals surface area contributed by atoms with Gasteiger partial charge in [-0.15, -0.1) is 0 Å². The lowest BCUT2D eigenvalue weighted by Gasteiger charge is -2.23. The Bertz CT molecular complexity index is 768. The third-order valence-corrected chi connectivity index (χ3v) is 4.43. The van der Waals surface area contributed by atoms with E-state index in [1.165, 1.54) is 0 Å². The number of hydrogen-bond acceptors (Lipinski definition) is 5. The van der Waals surface area contributed by atoms with E-state index in [1.54, 1.807) is 32.4 Å². The van der Waals surface area contributed by atoms with Gasteiger partial charge in [-0.1, -0.05) is 12.1 Å². The van der Waals surface area contributed by atoms with Crippen LogP contribution in [0.25, 0.3) is 0 Å². The van der Waals surface area contributed by atoms with Crippen molar-refractivity contribution in [2.24, 2.45) is 0 Å². The van der Waals surface area contributed by atoms with Gasteiger partial charge in [-0.05, 0) is 36.5 Å². The van der Waals surface area contributed by atoms with E-state index in [2.05, 4.69) is 5.32 Å². The van der Waals surface area contributed by atoms with E-state index in [1.807, 2.05) is 18.2 Å². The van der Waals surface area contributed by atoms with Crippen molar-refractivity contribution in [3.8, 4) is 17.2 Å². The second-order valence-corrected chi connectivity index (χ2v) is 6.17. The molecule has 0 saturated carbocycles. The summed E-state index contributed by atoms with van der Waals surface area (Å²) >= 11 is 0. The highest BCUT2D eigenvalue weighted by atomic mass is 16.5. The average Bonchev–Trinajstić information content (AvgIpc) is 2.66. The van der Waals surface area contributed by atoms with Crippen LogP contribution in [0.2, 0.25) is 0 Å². The fourth-order valence-electron chi connectivity index (χ4n) is 3.15. The summed E-state index contributed by atoms with van der Waals surface area (Å²) in [4.78, 5) is 12.3. The Labute approximate surface area is 152 Å². The molecule has 0 saturated heterocycles. The number of ether oxygens (including phenoxy) is 3. The number of benzene rings is 2. The predicted octanol–water partition coefficient (Wildman–Crippen LogP) is 3.09. The number of fused-ring (bicyclic) bond motifs is 1. The van der Waals surface area contributed by atoms with Gasteiger partial charge >= 0.3 is 0 Å². The molecule has 0 fully saturated rings. The van der Waals surface area contributed by atoms with Crippen molar-refractivity contribution in [3.63, 3.8) is 0 Å². The Hall–Kier alpha value is -2.73. The zero-order chi connectivity index (χ0) is 18.5. The van der Waals surface area contributed by atoms with Gasteiger partial charge in [0.1, 0.15) is 17.2 Å². The molecule has 2 N–H and O–H groups in total. The molecular formula is C20H23NO5. The number of aliphatic hydroxyl groups is 1. The Morgan fingerprint density at radius 1 is 1.19 bits per heavy atom. The van der Waals surface area contributed by atoms with Crippen LogP contribution in [0.5, 0.6) is 17.2 Å². The van der Waals surface area contributed by atoms with Gasteiger partial charge in [0.2, 0.25) is 0 Å². The standard InChI is InChI=1S/C20H23NO5/c1-24-14-9-13(10-15(11-14)25-2)21-20(23)12-26-19-8-4-5-16-17(19)6-3-7-18(16)22/h4-5,8-11,18,22H,3,6-7,12H2,1-2H3,(H,21,23)/t18-/m1/s1. The van der Waals surface area contributed by atoms with E-state index < -0.39 is 6.10 Å². The molecule has 138 valence electrons. The molecule has 0 bridgehead atoms. The van der Waals surface area contributed by atoms with Gasteiger partial charge in [0.25, 0.3) is 5.91 Å². The van der Waals surface area contributed by atoms with Crippen molar-refractivity contribution in [2.75, 3.05) is 26.1 Å². The molecule has 1 aliphatic rings. The maximum atomic E-state index is 12.3. The number of rotatable bonds is 6. The summed E-state index contributed by atoms with van der Waals surface area (Å²) in [6.07, 6.45) is 2.05. The zero-order valence-electron chi connectivity index (χ0n) is 15.0. The van der Waals surface area contributed by atoms with Crippen LogP contribution in [-0.2, 0) is 11.2 Å². The summed E-state index contributed by atoms with van der Waals surface area (Å²) in [5.74, 6) is 1.55. The fraction of sp³-hybridized carbons (Fsp3) is 0.350. The van der Waals surface area contributed by atoms with Crippen LogP contribution in [0.4, 0.5) is 5.69 Å². The van der Waals surface area contributed by atoms with Gasteiger partial charge in [-0.3, -0.25) is 4.79 Å². The van der Waals surface area contributed by atoms with E-state index in [9.17, 15) is 9.90 Å². The molecule has 1 atom stereocenters. The molecule has 6 heteroatoms. The number of nitrogens with one attached hydrogen (secondary N) is 1. The summed E-state index contributed by atoms with van der Waals surface area (Å²) in [6, 6.07) is 10.7. The summed E-state index contributed by atoms with van der Waals surface area (Å²) in [7, 11) is 3.10. The third kappa shape index (κ3) is 4.08. The molecule has 26 heavy (non-hydrogen) atoms. The van der Waals surface area contributed by atoms with Crippen molar-refractivity contribution in [3.05, 3.63) is 47.5 Å². The Kier molecular flexibility index (Phi) is 5.63. The summed E-state index contributed by atoms with van der Waals surface area (Å²) in [5, 5.41) is 12.9. The van der Waals surface area contributed by atoms with Gasteiger partial charge in [-0.2, -0.15) is 0 Å². The van der Waals surface area contributed by atoms with Crippen LogP contribution in [0.1, 0.15) is 30.1 Å². The van der Waals surface area contributed by atoms with Gasteiger partial charge in [0.05, 0.1) is 20.3 Å². The Morgan fingerprint density at radius 3 is 2.62 bits per heavy atom. The SMILES string of the molecule is COc1cc(NC(=O)COc2cccc3c2CCC[C@H]3O)cc(OC)c1. The predicted molar refractivity (Wildman–Crippen MR) is 98.0 cm³/mol. The zero-order valence-corrected chi connectivity index (χ0v) is 15.0. The van der Waals surface area contributed by atoms with Gasteiger partial charge < -0.3 is 24.6 Å². The minimum absolute atomic E-state index is 0.119. The van der Waals surface area contributed by atoms with Gasteiger partial charge in [-0.25, -0.2) is 0 Å². The second-order valence-electron chi connectivity index (χ2n) is 6.17. The number of hydrogen-bond donors (Lipinski definition) is 2. The van der Waals surface area contributed by atoms with Crippen LogP contribution < -0.4 is 19.5 Å². The molecule has 6 nitrogen and oxygen atoms in total. The maximum absolute atomic E-state index is 12.3. The minimum Gasteiger partial charge on any atom is -0.497 e. The van der Waals surface area contributed by atoms with E-state index in [-0.39, 0.29) is 12.5 Å². The van der Waals surface area contributed by atoms with Crippen molar-refractivity contribution in [2.45, 2.75) is 25.4 Å². The lowest BCUT2D eigenvalue weighted by atomic mass is 9.89. The third-order valence-electron chi connectivity index (χ3n) is 4.43. The largest absolute Gasteiger partial charge is 0.497 e. The van der Waals surface area contributed by atoms with Crippen LogP contribution in [0.15, 0.2) is 36.4 Å². The first kappa shape index (κ1) is 18.1. The van der Waals surface area contributed by atoms with E-state index in [4.69, 9.17) is 14.2 Å². The fourth-order valence-corrected chi connectivity index (χ4v) is 3.15. The topological polar surface area (TPSA) is 77.0 Å². The minimum atomic E-state index is -0.458. The number of carbonyl (C=O) groups is 1. The first-order valence-corrected chi connectivity index (χ1v) is 8.56. The van der Waals surface area contributed by atoms with Crippen LogP contribution in [0, 0.1) is 0 Å². The first-order valence-electron chi connectivity index (χ1n) is 8.56. The molecule has 1 amide bonds. The van der Waals surface area contributed by atoms with Crippen LogP contribution in [0.3, 0.4) is 0 Å². The highest BCUT2D eigenvalue weighted by Crippen LogP contribution is 2.35. The molecule has 2 aromatic rings. The maximum Gasteiger partial charge on any atom is 0.262 e. The van der Waals surface area contributed by atoms with Crippen molar-refractivity contribution in [1.29, 1.82) is 0 Å². The lowest BCUT2D eigenvalue weighted by Crippen LogP contribution is -2.21. The highest BCUT2D eigenvalue weighted by Gasteiger charge is 2.21. The molecule has 3 rings (SSSR count). The number of anilines is 1. The summed E-state index contributed by atoms with van der Waals surface area (Å²) < 4.78 is 16.1.